The average Bonchev–Trinajstić information content (AvgIpc) is 2.97. The van der Waals surface area contributed by atoms with Gasteiger partial charge in [-0.3, -0.25) is 0 Å². The Kier molecular flexibility index (Phi) is 2.93. The van der Waals surface area contributed by atoms with Crippen LogP contribution in [0, 0.1) is 0 Å². The smallest absolute Gasteiger partial charge is 0.139 e. The highest BCUT2D eigenvalue weighted by atomic mass is 79.9. The van der Waals surface area contributed by atoms with Gasteiger partial charge in [0.1, 0.15) is 5.58 Å². The van der Waals surface area contributed by atoms with E-state index in [2.05, 4.69) is 20.9 Å². The Labute approximate surface area is 112 Å². The molecule has 0 radical (unpaired) electrons. The van der Waals surface area contributed by atoms with E-state index in [-0.39, 0.29) is 6.61 Å². The van der Waals surface area contributed by atoms with Crippen molar-refractivity contribution in [3.05, 3.63) is 52.7 Å². The standard InChI is InChI=1S/C13H11BrN2O2/c14-11-3-9(5-16-2-1-15-8-16)13-12(4-11)10(6-17)7-18-13/h1-4,7-8,17H,5-6H2. The van der Waals surface area contributed by atoms with E-state index in [0.717, 1.165) is 26.6 Å². The van der Waals surface area contributed by atoms with Crippen molar-refractivity contribution < 1.29 is 9.52 Å². The van der Waals surface area contributed by atoms with Gasteiger partial charge in [-0.2, -0.15) is 0 Å². The lowest BCUT2D eigenvalue weighted by atomic mass is 10.1. The Morgan fingerprint density at radius 3 is 2.94 bits per heavy atom. The lowest BCUT2D eigenvalue weighted by molar-refractivity contribution is 0.281. The van der Waals surface area contributed by atoms with Crippen molar-refractivity contribution in [1.29, 1.82) is 0 Å². The van der Waals surface area contributed by atoms with Crippen LogP contribution in [-0.2, 0) is 13.2 Å². The minimum absolute atomic E-state index is 0.0199. The number of hydrogen-bond donors (Lipinski definition) is 1. The third-order valence-corrected chi connectivity index (χ3v) is 3.34. The second-order valence-electron chi connectivity index (χ2n) is 4.10. The van der Waals surface area contributed by atoms with E-state index in [0.29, 0.717) is 6.54 Å². The molecule has 4 nitrogen and oxygen atoms in total. The fraction of sp³-hybridized carbons (Fsp3) is 0.154. The highest BCUT2D eigenvalue weighted by Crippen LogP contribution is 2.29. The summed E-state index contributed by atoms with van der Waals surface area (Å²) in [5, 5.41) is 10.2. The molecule has 0 fully saturated rings. The van der Waals surface area contributed by atoms with Crippen LogP contribution in [0.15, 0.2) is 46.0 Å². The summed E-state index contributed by atoms with van der Waals surface area (Å²) in [5.74, 6) is 0. The van der Waals surface area contributed by atoms with Gasteiger partial charge in [0.25, 0.3) is 0 Å². The lowest BCUT2D eigenvalue weighted by Gasteiger charge is -2.05. The first kappa shape index (κ1) is 11.5. The van der Waals surface area contributed by atoms with Gasteiger partial charge in [-0.05, 0) is 12.1 Å². The molecule has 92 valence electrons. The first-order chi connectivity index (χ1) is 8.78. The highest BCUT2D eigenvalue weighted by molar-refractivity contribution is 9.10. The first-order valence-electron chi connectivity index (χ1n) is 5.53. The number of hydrogen-bond acceptors (Lipinski definition) is 3. The Bertz CT molecular complexity index is 674. The van der Waals surface area contributed by atoms with Crippen molar-refractivity contribution in [3.63, 3.8) is 0 Å². The molecule has 0 aliphatic rings. The van der Waals surface area contributed by atoms with Crippen molar-refractivity contribution in [1.82, 2.24) is 9.55 Å². The number of fused-ring (bicyclic) bond motifs is 1. The SMILES string of the molecule is OCc1coc2c(Cn3ccnc3)cc(Br)cc12. The van der Waals surface area contributed by atoms with Crippen molar-refractivity contribution >= 4 is 26.9 Å². The second kappa shape index (κ2) is 4.59. The Balaban J connectivity index is 2.13. The zero-order chi connectivity index (χ0) is 12.5. The van der Waals surface area contributed by atoms with Crippen LogP contribution in [0.4, 0.5) is 0 Å². The molecular weight excluding hydrogens is 296 g/mol. The summed E-state index contributed by atoms with van der Waals surface area (Å²) in [5.41, 5.74) is 2.67. The molecule has 3 aromatic rings. The highest BCUT2D eigenvalue weighted by Gasteiger charge is 2.11. The molecule has 0 aliphatic carbocycles. The Morgan fingerprint density at radius 2 is 2.22 bits per heavy atom. The minimum atomic E-state index is -0.0199. The Hall–Kier alpha value is -1.59. The molecule has 3 rings (SSSR count). The number of furan rings is 1. The molecule has 0 atom stereocenters. The van der Waals surface area contributed by atoms with Gasteiger partial charge in [0.15, 0.2) is 0 Å². The molecule has 5 heteroatoms. The fourth-order valence-corrected chi connectivity index (χ4v) is 2.54. The predicted molar refractivity (Wildman–Crippen MR) is 71.2 cm³/mol. The average molecular weight is 307 g/mol. The van der Waals surface area contributed by atoms with Gasteiger partial charge >= 0.3 is 0 Å². The summed E-state index contributed by atoms with van der Waals surface area (Å²) in [6, 6.07) is 3.98. The second-order valence-corrected chi connectivity index (χ2v) is 5.01. The monoisotopic (exact) mass is 306 g/mol. The molecule has 2 heterocycles. The molecule has 0 saturated heterocycles. The maximum atomic E-state index is 9.27. The van der Waals surface area contributed by atoms with Gasteiger partial charge < -0.3 is 14.1 Å². The van der Waals surface area contributed by atoms with E-state index in [1.807, 2.05) is 22.9 Å². The summed E-state index contributed by atoms with van der Waals surface area (Å²) >= 11 is 3.49. The van der Waals surface area contributed by atoms with Crippen molar-refractivity contribution in [2.75, 3.05) is 0 Å². The van der Waals surface area contributed by atoms with Crippen molar-refractivity contribution in [2.24, 2.45) is 0 Å². The molecular formula is C13H11BrN2O2. The van der Waals surface area contributed by atoms with E-state index in [1.165, 1.54) is 0 Å². The van der Waals surface area contributed by atoms with Crippen LogP contribution >= 0.6 is 15.9 Å². The zero-order valence-corrected chi connectivity index (χ0v) is 11.1. The molecule has 0 amide bonds. The minimum Gasteiger partial charge on any atom is -0.464 e. The molecule has 1 N–H and O–H groups in total. The van der Waals surface area contributed by atoms with Crippen LogP contribution in [0.1, 0.15) is 11.1 Å². The number of halogens is 1. The number of imidazole rings is 1. The number of rotatable bonds is 3. The fourth-order valence-electron chi connectivity index (χ4n) is 2.04. The van der Waals surface area contributed by atoms with Gasteiger partial charge in [0, 0.05) is 33.4 Å². The molecule has 1 aromatic carbocycles. The predicted octanol–water partition coefficient (Wildman–Crippen LogP) is 2.93. The van der Waals surface area contributed by atoms with Crippen molar-refractivity contribution in [3.8, 4) is 0 Å². The maximum Gasteiger partial charge on any atom is 0.139 e. The van der Waals surface area contributed by atoms with Crippen LogP contribution in [0.2, 0.25) is 0 Å². The van der Waals surface area contributed by atoms with E-state index < -0.39 is 0 Å². The molecule has 0 saturated carbocycles. The molecule has 2 aromatic heterocycles. The molecule has 0 aliphatic heterocycles. The van der Waals surface area contributed by atoms with Crippen LogP contribution < -0.4 is 0 Å². The van der Waals surface area contributed by atoms with Gasteiger partial charge in [0.05, 0.1) is 25.7 Å². The Morgan fingerprint density at radius 1 is 1.33 bits per heavy atom. The molecule has 0 spiro atoms. The van der Waals surface area contributed by atoms with Gasteiger partial charge in [-0.15, -0.1) is 0 Å². The first-order valence-corrected chi connectivity index (χ1v) is 6.32. The quantitative estimate of drug-likeness (QED) is 0.809. The third-order valence-electron chi connectivity index (χ3n) is 2.88. The van der Waals surface area contributed by atoms with Crippen LogP contribution in [0.25, 0.3) is 11.0 Å². The molecule has 0 unspecified atom stereocenters. The van der Waals surface area contributed by atoms with E-state index in [4.69, 9.17) is 4.42 Å². The summed E-state index contributed by atoms with van der Waals surface area (Å²) < 4.78 is 8.51. The zero-order valence-electron chi connectivity index (χ0n) is 9.51. The van der Waals surface area contributed by atoms with Gasteiger partial charge in [-0.25, -0.2) is 4.98 Å². The summed E-state index contributed by atoms with van der Waals surface area (Å²) in [6.45, 7) is 0.669. The number of aromatic nitrogens is 2. The van der Waals surface area contributed by atoms with Crippen molar-refractivity contribution in [2.45, 2.75) is 13.2 Å². The molecule has 18 heavy (non-hydrogen) atoms. The van der Waals surface area contributed by atoms with Crippen LogP contribution in [0.5, 0.6) is 0 Å². The summed E-state index contributed by atoms with van der Waals surface area (Å²) in [4.78, 5) is 4.02. The molecule has 0 bridgehead atoms. The van der Waals surface area contributed by atoms with Gasteiger partial charge in [-0.1, -0.05) is 15.9 Å². The number of aliphatic hydroxyl groups excluding tert-OH is 1. The number of nitrogens with zero attached hydrogens (tertiary/aromatic N) is 2. The van der Waals surface area contributed by atoms with Crippen LogP contribution in [0.3, 0.4) is 0 Å². The lowest BCUT2D eigenvalue weighted by Crippen LogP contribution is -1.97. The number of benzene rings is 1. The van der Waals surface area contributed by atoms with Crippen LogP contribution in [-0.4, -0.2) is 14.7 Å². The summed E-state index contributed by atoms with van der Waals surface area (Å²) in [6.07, 6.45) is 7.02. The number of aliphatic hydroxyl groups is 1. The van der Waals surface area contributed by atoms with E-state index in [1.54, 1.807) is 18.8 Å². The third kappa shape index (κ3) is 1.95. The topological polar surface area (TPSA) is 51.2 Å². The van der Waals surface area contributed by atoms with Gasteiger partial charge in [0.2, 0.25) is 0 Å². The summed E-state index contributed by atoms with van der Waals surface area (Å²) in [7, 11) is 0. The van der Waals surface area contributed by atoms with E-state index >= 15 is 0 Å². The van der Waals surface area contributed by atoms with E-state index in [9.17, 15) is 5.11 Å². The normalized spacial score (nSPS) is 11.2. The largest absolute Gasteiger partial charge is 0.464 e. The maximum absolute atomic E-state index is 9.27.